The normalized spacial score (nSPS) is 12.5. The molecule has 0 radical (unpaired) electrons. The smallest absolute Gasteiger partial charge is 0.0455 e. The summed E-state index contributed by atoms with van der Waals surface area (Å²) in [6, 6.07) is 17.8. The van der Waals surface area contributed by atoms with E-state index in [2.05, 4.69) is 72.7 Å². The van der Waals surface area contributed by atoms with Gasteiger partial charge in [0.25, 0.3) is 0 Å². The lowest BCUT2D eigenvalue weighted by atomic mass is 10.0. The van der Waals surface area contributed by atoms with Crippen LogP contribution in [0.15, 0.2) is 54.7 Å². The second-order valence-corrected chi connectivity index (χ2v) is 5.85. The number of anilines is 1. The molecule has 3 aromatic rings. The first kappa shape index (κ1) is 13.7. The Balaban J connectivity index is 1.59. The molecule has 0 aliphatic rings. The molecule has 1 heterocycles. The van der Waals surface area contributed by atoms with Gasteiger partial charge in [-0.25, -0.2) is 0 Å². The Morgan fingerprint density at radius 3 is 2.86 bits per heavy atom. The maximum Gasteiger partial charge on any atom is 0.0455 e. The lowest BCUT2D eigenvalue weighted by Crippen LogP contribution is -2.15. The fraction of sp³-hybridized carbons (Fsp3) is 0.263. The zero-order chi connectivity index (χ0) is 14.7. The van der Waals surface area contributed by atoms with E-state index in [0.717, 1.165) is 12.8 Å². The molecule has 2 aromatic carbocycles. The Morgan fingerprint density at radius 1 is 1.10 bits per heavy atom. The van der Waals surface area contributed by atoms with Crippen LogP contribution in [-0.4, -0.2) is 11.0 Å². The van der Waals surface area contributed by atoms with Crippen molar-refractivity contribution < 1.29 is 0 Å². The van der Waals surface area contributed by atoms with Gasteiger partial charge in [-0.05, 0) is 56.5 Å². The van der Waals surface area contributed by atoms with Crippen molar-refractivity contribution >= 4 is 16.6 Å². The van der Waals surface area contributed by atoms with Crippen molar-refractivity contribution in [1.29, 1.82) is 0 Å². The van der Waals surface area contributed by atoms with Crippen LogP contribution in [0.3, 0.4) is 0 Å². The van der Waals surface area contributed by atoms with E-state index in [9.17, 15) is 0 Å². The number of hydrogen-bond donors (Lipinski definition) is 2. The van der Waals surface area contributed by atoms with Gasteiger partial charge in [-0.3, -0.25) is 0 Å². The molecule has 0 spiro atoms. The highest BCUT2D eigenvalue weighted by Gasteiger charge is 2.04. The molecule has 0 aliphatic heterocycles. The largest absolute Gasteiger partial charge is 0.383 e. The first-order valence-electron chi connectivity index (χ1n) is 7.60. The van der Waals surface area contributed by atoms with Crippen LogP contribution < -0.4 is 5.32 Å². The van der Waals surface area contributed by atoms with Crippen LogP contribution in [-0.2, 0) is 6.42 Å². The van der Waals surface area contributed by atoms with Crippen molar-refractivity contribution in [3.05, 3.63) is 65.9 Å². The molecular weight excluding hydrogens is 256 g/mol. The molecular formula is C19H22N2. The molecule has 1 unspecified atom stereocenters. The van der Waals surface area contributed by atoms with E-state index in [-0.39, 0.29) is 0 Å². The average molecular weight is 278 g/mol. The summed E-state index contributed by atoms with van der Waals surface area (Å²) in [6.45, 7) is 4.40. The zero-order valence-corrected chi connectivity index (χ0v) is 12.7. The minimum Gasteiger partial charge on any atom is -0.383 e. The van der Waals surface area contributed by atoms with Crippen LogP contribution in [0.2, 0.25) is 0 Å². The fourth-order valence-electron chi connectivity index (χ4n) is 2.75. The van der Waals surface area contributed by atoms with Crippen molar-refractivity contribution in [2.45, 2.75) is 32.7 Å². The molecule has 0 bridgehead atoms. The van der Waals surface area contributed by atoms with Gasteiger partial charge in [0.2, 0.25) is 0 Å². The van der Waals surface area contributed by atoms with Crippen molar-refractivity contribution in [3.8, 4) is 0 Å². The lowest BCUT2D eigenvalue weighted by Gasteiger charge is -2.15. The first-order chi connectivity index (χ1) is 10.2. The minimum absolute atomic E-state index is 0.460. The predicted molar refractivity (Wildman–Crippen MR) is 90.9 cm³/mol. The van der Waals surface area contributed by atoms with E-state index >= 15 is 0 Å². The van der Waals surface area contributed by atoms with Gasteiger partial charge in [0.05, 0.1) is 0 Å². The molecule has 21 heavy (non-hydrogen) atoms. The number of nitrogens with one attached hydrogen (secondary N) is 2. The summed E-state index contributed by atoms with van der Waals surface area (Å²) in [6.07, 6.45) is 4.23. The van der Waals surface area contributed by atoms with Crippen molar-refractivity contribution in [2.24, 2.45) is 0 Å². The third-order valence-corrected chi connectivity index (χ3v) is 3.91. The summed E-state index contributed by atoms with van der Waals surface area (Å²) in [5.41, 5.74) is 5.14. The van der Waals surface area contributed by atoms with Gasteiger partial charge in [0, 0.05) is 28.8 Å². The number of rotatable bonds is 5. The highest BCUT2D eigenvalue weighted by molar-refractivity contribution is 5.82. The third-order valence-electron chi connectivity index (χ3n) is 3.91. The van der Waals surface area contributed by atoms with Crippen molar-refractivity contribution in [3.63, 3.8) is 0 Å². The monoisotopic (exact) mass is 278 g/mol. The highest BCUT2D eigenvalue weighted by Crippen LogP contribution is 2.19. The standard InChI is InChI=1S/C19H22N2/c1-14-4-3-5-16(12-14)7-6-15(2)21-18-8-9-19-17(13-18)10-11-20-19/h3-5,8-13,15,20-21H,6-7H2,1-2H3. The quantitative estimate of drug-likeness (QED) is 0.682. The molecule has 0 fully saturated rings. The molecule has 0 aliphatic carbocycles. The van der Waals surface area contributed by atoms with Gasteiger partial charge >= 0.3 is 0 Å². The van der Waals surface area contributed by atoms with E-state index in [4.69, 9.17) is 0 Å². The van der Waals surface area contributed by atoms with E-state index in [0.29, 0.717) is 6.04 Å². The van der Waals surface area contributed by atoms with Gasteiger partial charge in [-0.1, -0.05) is 29.8 Å². The number of aromatic nitrogens is 1. The summed E-state index contributed by atoms with van der Waals surface area (Å²) in [5, 5.41) is 4.85. The van der Waals surface area contributed by atoms with E-state index < -0.39 is 0 Å². The predicted octanol–water partition coefficient (Wildman–Crippen LogP) is 4.91. The molecule has 2 N–H and O–H groups in total. The van der Waals surface area contributed by atoms with Crippen LogP contribution in [0.25, 0.3) is 10.9 Å². The van der Waals surface area contributed by atoms with Crippen LogP contribution >= 0.6 is 0 Å². The maximum absolute atomic E-state index is 3.59. The summed E-state index contributed by atoms with van der Waals surface area (Å²) in [4.78, 5) is 3.22. The summed E-state index contributed by atoms with van der Waals surface area (Å²) < 4.78 is 0. The SMILES string of the molecule is Cc1cccc(CCC(C)Nc2ccc3[nH]ccc3c2)c1. The van der Waals surface area contributed by atoms with Crippen molar-refractivity contribution in [2.75, 3.05) is 5.32 Å². The van der Waals surface area contributed by atoms with Gasteiger partial charge in [0.1, 0.15) is 0 Å². The summed E-state index contributed by atoms with van der Waals surface area (Å²) >= 11 is 0. The maximum atomic E-state index is 3.59. The molecule has 0 saturated carbocycles. The third kappa shape index (κ3) is 3.46. The number of aryl methyl sites for hydroxylation is 2. The molecule has 0 amide bonds. The summed E-state index contributed by atoms with van der Waals surface area (Å²) in [7, 11) is 0. The average Bonchev–Trinajstić information content (AvgIpc) is 2.93. The zero-order valence-electron chi connectivity index (χ0n) is 12.7. The molecule has 108 valence electrons. The van der Waals surface area contributed by atoms with Gasteiger partial charge in [-0.15, -0.1) is 0 Å². The van der Waals surface area contributed by atoms with Crippen LogP contribution in [0, 0.1) is 6.92 Å². The number of hydrogen-bond acceptors (Lipinski definition) is 1. The Kier molecular flexibility index (Phi) is 3.96. The highest BCUT2D eigenvalue weighted by atomic mass is 14.9. The Labute approximate surface area is 126 Å². The number of H-pyrrole nitrogens is 1. The minimum atomic E-state index is 0.460. The molecule has 1 aromatic heterocycles. The van der Waals surface area contributed by atoms with Gasteiger partial charge in [0.15, 0.2) is 0 Å². The number of aromatic amines is 1. The van der Waals surface area contributed by atoms with Crippen LogP contribution in [0.4, 0.5) is 5.69 Å². The summed E-state index contributed by atoms with van der Waals surface area (Å²) in [5.74, 6) is 0. The number of fused-ring (bicyclic) bond motifs is 1. The Bertz CT molecular complexity index is 727. The van der Waals surface area contributed by atoms with E-state index in [1.807, 2.05) is 6.20 Å². The molecule has 2 nitrogen and oxygen atoms in total. The Hall–Kier alpha value is -2.22. The topological polar surface area (TPSA) is 27.8 Å². The Morgan fingerprint density at radius 2 is 2.00 bits per heavy atom. The first-order valence-corrected chi connectivity index (χ1v) is 7.60. The molecule has 3 rings (SSSR count). The fourth-order valence-corrected chi connectivity index (χ4v) is 2.75. The van der Waals surface area contributed by atoms with Crippen LogP contribution in [0.5, 0.6) is 0 Å². The molecule has 0 saturated heterocycles. The second kappa shape index (κ2) is 6.04. The molecule has 2 heteroatoms. The second-order valence-electron chi connectivity index (χ2n) is 5.85. The van der Waals surface area contributed by atoms with E-state index in [1.165, 1.54) is 27.7 Å². The van der Waals surface area contributed by atoms with Gasteiger partial charge in [-0.2, -0.15) is 0 Å². The number of benzene rings is 2. The molecule has 1 atom stereocenters. The van der Waals surface area contributed by atoms with E-state index in [1.54, 1.807) is 0 Å². The van der Waals surface area contributed by atoms with Crippen LogP contribution in [0.1, 0.15) is 24.5 Å². The lowest BCUT2D eigenvalue weighted by molar-refractivity contribution is 0.706. The van der Waals surface area contributed by atoms with Crippen molar-refractivity contribution in [1.82, 2.24) is 4.98 Å². The van der Waals surface area contributed by atoms with Gasteiger partial charge < -0.3 is 10.3 Å².